The molecule has 1 amide bonds. The topological polar surface area (TPSA) is 41.6 Å². The summed E-state index contributed by atoms with van der Waals surface area (Å²) >= 11 is 3.45. The van der Waals surface area contributed by atoms with E-state index in [1.54, 1.807) is 12.0 Å². The van der Waals surface area contributed by atoms with E-state index >= 15 is 0 Å². The summed E-state index contributed by atoms with van der Waals surface area (Å²) in [6.45, 7) is 1.55. The van der Waals surface area contributed by atoms with Gasteiger partial charge >= 0.3 is 0 Å². The molecule has 1 rings (SSSR count). The van der Waals surface area contributed by atoms with Gasteiger partial charge in [0.1, 0.15) is 5.75 Å². The van der Waals surface area contributed by atoms with Crippen molar-refractivity contribution in [2.24, 2.45) is 0 Å². The zero-order valence-electron chi connectivity index (χ0n) is 11.7. The van der Waals surface area contributed by atoms with Gasteiger partial charge in [-0.3, -0.25) is 4.79 Å². The second-order valence-electron chi connectivity index (χ2n) is 4.39. The molecule has 0 fully saturated rings. The molecule has 0 bridgehead atoms. The van der Waals surface area contributed by atoms with Gasteiger partial charge in [-0.25, -0.2) is 0 Å². The van der Waals surface area contributed by atoms with Gasteiger partial charge in [0.15, 0.2) is 0 Å². The average molecular weight is 329 g/mol. The highest BCUT2D eigenvalue weighted by atomic mass is 79.9. The molecule has 0 heterocycles. The molecule has 0 aromatic heterocycles. The number of hydrogen-bond donors (Lipinski definition) is 1. The Hall–Kier alpha value is -1.07. The predicted molar refractivity (Wildman–Crippen MR) is 80.6 cm³/mol. The van der Waals surface area contributed by atoms with Gasteiger partial charge in [0.25, 0.3) is 0 Å². The maximum atomic E-state index is 11.9. The standard InChI is InChI=1S/C14H21BrN2O2/c1-16-8-9-17(2)14(18)7-5-11-4-6-13(19-3)12(15)10-11/h4,6,10,16H,5,7-9H2,1-3H3. The largest absolute Gasteiger partial charge is 0.496 e. The third-order valence-corrected chi connectivity index (χ3v) is 3.59. The van der Waals surface area contributed by atoms with Crippen LogP contribution in [-0.4, -0.2) is 45.1 Å². The first kappa shape index (κ1) is 16.0. The second kappa shape index (κ2) is 8.17. The molecule has 5 heteroatoms. The lowest BCUT2D eigenvalue weighted by atomic mass is 10.1. The van der Waals surface area contributed by atoms with E-state index in [1.165, 1.54) is 0 Å². The molecule has 0 aliphatic heterocycles. The van der Waals surface area contributed by atoms with Crippen molar-refractivity contribution in [1.82, 2.24) is 10.2 Å². The number of likely N-dealkylation sites (N-methyl/N-ethyl adjacent to an activating group) is 2. The Bertz CT molecular complexity index is 424. The van der Waals surface area contributed by atoms with Crippen molar-refractivity contribution in [3.05, 3.63) is 28.2 Å². The van der Waals surface area contributed by atoms with Crippen LogP contribution in [0, 0.1) is 0 Å². The van der Waals surface area contributed by atoms with E-state index in [1.807, 2.05) is 32.3 Å². The minimum atomic E-state index is 0.169. The molecule has 0 unspecified atom stereocenters. The van der Waals surface area contributed by atoms with E-state index in [2.05, 4.69) is 21.2 Å². The molecule has 1 N–H and O–H groups in total. The maximum Gasteiger partial charge on any atom is 0.222 e. The molecule has 106 valence electrons. The number of amides is 1. The first-order valence-corrected chi connectivity index (χ1v) is 7.08. The summed E-state index contributed by atoms with van der Waals surface area (Å²) in [5.41, 5.74) is 1.13. The van der Waals surface area contributed by atoms with Crippen LogP contribution in [0.1, 0.15) is 12.0 Å². The zero-order valence-corrected chi connectivity index (χ0v) is 13.3. The lowest BCUT2D eigenvalue weighted by Gasteiger charge is -2.16. The van der Waals surface area contributed by atoms with Crippen LogP contribution in [0.3, 0.4) is 0 Å². The van der Waals surface area contributed by atoms with Gasteiger partial charge in [0.05, 0.1) is 11.6 Å². The molecule has 0 spiro atoms. The Morgan fingerprint density at radius 2 is 2.21 bits per heavy atom. The highest BCUT2D eigenvalue weighted by Crippen LogP contribution is 2.25. The van der Waals surface area contributed by atoms with Gasteiger partial charge in [-0.05, 0) is 47.1 Å². The summed E-state index contributed by atoms with van der Waals surface area (Å²) in [5.74, 6) is 0.975. The number of nitrogens with zero attached hydrogens (tertiary/aromatic N) is 1. The molecule has 0 saturated heterocycles. The number of aryl methyl sites for hydroxylation is 1. The average Bonchev–Trinajstić information content (AvgIpc) is 2.42. The van der Waals surface area contributed by atoms with Gasteiger partial charge in [-0.1, -0.05) is 6.07 Å². The fourth-order valence-corrected chi connectivity index (χ4v) is 2.30. The van der Waals surface area contributed by atoms with Gasteiger partial charge in [-0.2, -0.15) is 0 Å². The lowest BCUT2D eigenvalue weighted by Crippen LogP contribution is -2.32. The molecule has 0 aliphatic rings. The number of ether oxygens (including phenoxy) is 1. The van der Waals surface area contributed by atoms with Gasteiger partial charge < -0.3 is 15.0 Å². The van der Waals surface area contributed by atoms with Crippen molar-refractivity contribution >= 4 is 21.8 Å². The summed E-state index contributed by atoms with van der Waals surface area (Å²) in [6.07, 6.45) is 1.27. The summed E-state index contributed by atoms with van der Waals surface area (Å²) in [5, 5.41) is 3.03. The molecular formula is C14H21BrN2O2. The van der Waals surface area contributed by atoms with Crippen molar-refractivity contribution in [3.63, 3.8) is 0 Å². The van der Waals surface area contributed by atoms with Gasteiger partial charge in [-0.15, -0.1) is 0 Å². The van der Waals surface area contributed by atoms with Gasteiger partial charge in [0, 0.05) is 26.6 Å². The minimum absolute atomic E-state index is 0.169. The van der Waals surface area contributed by atoms with E-state index in [0.717, 1.165) is 35.3 Å². The Morgan fingerprint density at radius 1 is 1.47 bits per heavy atom. The molecule has 0 aliphatic carbocycles. The van der Waals surface area contributed by atoms with Crippen LogP contribution in [-0.2, 0) is 11.2 Å². The van der Waals surface area contributed by atoms with Crippen molar-refractivity contribution < 1.29 is 9.53 Å². The van der Waals surface area contributed by atoms with Crippen LogP contribution in [0.15, 0.2) is 22.7 Å². The zero-order chi connectivity index (χ0) is 14.3. The Kier molecular flexibility index (Phi) is 6.87. The number of halogens is 1. The number of rotatable bonds is 7. The lowest BCUT2D eigenvalue weighted by molar-refractivity contribution is -0.129. The van der Waals surface area contributed by atoms with Crippen molar-refractivity contribution in [2.45, 2.75) is 12.8 Å². The van der Waals surface area contributed by atoms with Crippen molar-refractivity contribution in [1.29, 1.82) is 0 Å². The number of carbonyl (C=O) groups excluding carboxylic acids is 1. The SMILES string of the molecule is CNCCN(C)C(=O)CCc1ccc(OC)c(Br)c1. The molecule has 0 atom stereocenters. The van der Waals surface area contributed by atoms with E-state index in [-0.39, 0.29) is 5.91 Å². The smallest absolute Gasteiger partial charge is 0.222 e. The van der Waals surface area contributed by atoms with Crippen LogP contribution in [0.2, 0.25) is 0 Å². The summed E-state index contributed by atoms with van der Waals surface area (Å²) in [6, 6.07) is 5.90. The second-order valence-corrected chi connectivity index (χ2v) is 5.24. The van der Waals surface area contributed by atoms with E-state index in [9.17, 15) is 4.79 Å². The summed E-state index contributed by atoms with van der Waals surface area (Å²) in [4.78, 5) is 13.7. The third kappa shape index (κ3) is 5.20. The van der Waals surface area contributed by atoms with Crippen LogP contribution in [0.5, 0.6) is 5.75 Å². The Balaban J connectivity index is 2.48. The van der Waals surface area contributed by atoms with E-state index in [0.29, 0.717) is 6.42 Å². The van der Waals surface area contributed by atoms with Crippen LogP contribution < -0.4 is 10.1 Å². The normalized spacial score (nSPS) is 10.3. The Morgan fingerprint density at radius 3 is 2.79 bits per heavy atom. The number of methoxy groups -OCH3 is 1. The number of benzene rings is 1. The molecule has 1 aromatic carbocycles. The number of hydrogen-bond acceptors (Lipinski definition) is 3. The molecule has 0 radical (unpaired) electrons. The molecule has 4 nitrogen and oxygen atoms in total. The fourth-order valence-electron chi connectivity index (χ4n) is 1.71. The van der Waals surface area contributed by atoms with Crippen LogP contribution in [0.25, 0.3) is 0 Å². The van der Waals surface area contributed by atoms with E-state index in [4.69, 9.17) is 4.74 Å². The molecule has 19 heavy (non-hydrogen) atoms. The maximum absolute atomic E-state index is 11.9. The molecule has 0 saturated carbocycles. The van der Waals surface area contributed by atoms with Crippen LogP contribution >= 0.6 is 15.9 Å². The highest BCUT2D eigenvalue weighted by molar-refractivity contribution is 9.10. The predicted octanol–water partition coefficient (Wildman–Crippen LogP) is 2.07. The van der Waals surface area contributed by atoms with Crippen molar-refractivity contribution in [3.8, 4) is 5.75 Å². The van der Waals surface area contributed by atoms with Crippen LogP contribution in [0.4, 0.5) is 0 Å². The minimum Gasteiger partial charge on any atom is -0.496 e. The number of nitrogens with one attached hydrogen (secondary N) is 1. The fraction of sp³-hybridized carbons (Fsp3) is 0.500. The quantitative estimate of drug-likeness (QED) is 0.833. The first-order chi connectivity index (χ1) is 9.08. The third-order valence-electron chi connectivity index (χ3n) is 2.97. The monoisotopic (exact) mass is 328 g/mol. The van der Waals surface area contributed by atoms with Crippen molar-refractivity contribution in [2.75, 3.05) is 34.3 Å². The Labute approximate surface area is 123 Å². The first-order valence-electron chi connectivity index (χ1n) is 6.29. The molecular weight excluding hydrogens is 308 g/mol. The number of carbonyl (C=O) groups is 1. The van der Waals surface area contributed by atoms with Gasteiger partial charge in [0.2, 0.25) is 5.91 Å². The molecule has 1 aromatic rings. The summed E-state index contributed by atoms with van der Waals surface area (Å²) in [7, 11) is 5.36. The van der Waals surface area contributed by atoms with E-state index < -0.39 is 0 Å². The summed E-state index contributed by atoms with van der Waals surface area (Å²) < 4.78 is 6.10. The highest BCUT2D eigenvalue weighted by Gasteiger charge is 2.09.